The Morgan fingerprint density at radius 1 is 1.26 bits per heavy atom. The fraction of sp³-hybridized carbons (Fsp3) is 0.389. The van der Waals surface area contributed by atoms with Gasteiger partial charge in [0.15, 0.2) is 5.82 Å². The highest BCUT2D eigenvalue weighted by Gasteiger charge is 2.26. The molecular formula is C18H23FN6O2. The number of nitrogens with zero attached hydrogens (tertiary/aromatic N) is 2. The summed E-state index contributed by atoms with van der Waals surface area (Å²) in [6, 6.07) is 5.55. The Balaban J connectivity index is 1.52. The summed E-state index contributed by atoms with van der Waals surface area (Å²) in [6.45, 7) is 3.62. The van der Waals surface area contributed by atoms with Crippen molar-refractivity contribution in [3.63, 3.8) is 0 Å². The van der Waals surface area contributed by atoms with E-state index in [4.69, 9.17) is 0 Å². The number of hydrogen-bond donors (Lipinski definition) is 4. The van der Waals surface area contributed by atoms with Crippen LogP contribution < -0.4 is 16.1 Å². The van der Waals surface area contributed by atoms with Gasteiger partial charge in [0.05, 0.1) is 18.7 Å². The highest BCUT2D eigenvalue weighted by atomic mass is 19.1. The topological polar surface area (TPSA) is 102 Å². The molecule has 27 heavy (non-hydrogen) atoms. The maximum absolute atomic E-state index is 12.9. The number of hydrazine groups is 1. The van der Waals surface area contributed by atoms with Gasteiger partial charge in [-0.05, 0) is 24.1 Å². The quantitative estimate of drug-likeness (QED) is 0.557. The van der Waals surface area contributed by atoms with Gasteiger partial charge in [-0.25, -0.2) is 14.2 Å². The zero-order chi connectivity index (χ0) is 19.2. The van der Waals surface area contributed by atoms with Gasteiger partial charge in [0.25, 0.3) is 0 Å². The molecule has 0 atom stereocenters. The predicted octanol–water partition coefficient (Wildman–Crippen LogP) is 2.06. The second-order valence-electron chi connectivity index (χ2n) is 6.46. The first kappa shape index (κ1) is 18.8. The summed E-state index contributed by atoms with van der Waals surface area (Å²) >= 11 is 0. The number of nitrogens with one attached hydrogen (secondary N) is 4. The molecule has 1 aliphatic rings. The molecule has 2 heterocycles. The normalized spacial score (nSPS) is 13.3. The average Bonchev–Trinajstić information content (AvgIpc) is 3.18. The minimum atomic E-state index is -0.337. The van der Waals surface area contributed by atoms with Crippen LogP contribution in [-0.4, -0.2) is 33.7 Å². The molecule has 144 valence electrons. The van der Waals surface area contributed by atoms with Crippen LogP contribution in [0.25, 0.3) is 0 Å². The molecule has 9 heteroatoms. The lowest BCUT2D eigenvalue weighted by Gasteiger charge is -2.17. The average molecular weight is 374 g/mol. The van der Waals surface area contributed by atoms with Crippen molar-refractivity contribution in [1.82, 2.24) is 25.9 Å². The summed E-state index contributed by atoms with van der Waals surface area (Å²) < 4.78 is 12.9. The largest absolute Gasteiger partial charge is 0.337 e. The van der Waals surface area contributed by atoms with E-state index in [1.54, 1.807) is 17.1 Å². The van der Waals surface area contributed by atoms with Gasteiger partial charge in [-0.15, -0.1) is 0 Å². The summed E-state index contributed by atoms with van der Waals surface area (Å²) in [4.78, 5) is 24.1. The van der Waals surface area contributed by atoms with Crippen LogP contribution in [0.15, 0.2) is 24.3 Å². The number of aromatic amines is 1. The fourth-order valence-electron chi connectivity index (χ4n) is 2.85. The molecule has 3 amide bonds. The lowest BCUT2D eigenvalue weighted by Crippen LogP contribution is -2.45. The standard InChI is InChI=1S/C18H23FN6O2/c1-2-3-8-20-18(27)24-25-10-14-15(11-25)22-23-17(14)21-16(26)9-12-4-6-13(19)7-5-12/h4-7H,2-3,8-11H2,1H3,(H2,20,24,27)(H2,21,22,23,26). The van der Waals surface area contributed by atoms with Crippen LogP contribution in [0.2, 0.25) is 0 Å². The number of unbranched alkanes of at least 4 members (excludes halogenated alkanes) is 1. The summed E-state index contributed by atoms with van der Waals surface area (Å²) in [5.41, 5.74) is 5.19. The number of anilines is 1. The van der Waals surface area contributed by atoms with Crippen molar-refractivity contribution in [2.45, 2.75) is 39.3 Å². The lowest BCUT2D eigenvalue weighted by molar-refractivity contribution is -0.115. The van der Waals surface area contributed by atoms with Gasteiger partial charge in [0, 0.05) is 18.7 Å². The summed E-state index contributed by atoms with van der Waals surface area (Å²) in [7, 11) is 0. The third-order valence-corrected chi connectivity index (χ3v) is 4.26. The van der Waals surface area contributed by atoms with E-state index in [0.717, 1.165) is 24.1 Å². The van der Waals surface area contributed by atoms with E-state index in [1.807, 2.05) is 0 Å². The number of urea groups is 1. The molecule has 0 saturated heterocycles. The maximum atomic E-state index is 12.9. The Morgan fingerprint density at radius 2 is 2.04 bits per heavy atom. The van der Waals surface area contributed by atoms with Crippen molar-refractivity contribution >= 4 is 17.8 Å². The van der Waals surface area contributed by atoms with Gasteiger partial charge >= 0.3 is 6.03 Å². The summed E-state index contributed by atoms with van der Waals surface area (Å²) in [6.07, 6.45) is 2.07. The van der Waals surface area contributed by atoms with Gasteiger partial charge in [-0.2, -0.15) is 5.10 Å². The number of benzene rings is 1. The molecule has 0 saturated carbocycles. The van der Waals surface area contributed by atoms with Gasteiger partial charge < -0.3 is 10.6 Å². The minimum absolute atomic E-state index is 0.129. The molecule has 2 aromatic rings. The van der Waals surface area contributed by atoms with Gasteiger partial charge in [0.2, 0.25) is 5.91 Å². The molecule has 0 unspecified atom stereocenters. The molecule has 3 rings (SSSR count). The number of amides is 3. The molecule has 0 fully saturated rings. The van der Waals surface area contributed by atoms with Gasteiger partial charge in [-0.3, -0.25) is 15.3 Å². The van der Waals surface area contributed by atoms with Gasteiger partial charge in [-0.1, -0.05) is 25.5 Å². The Labute approximate surface area is 156 Å². The smallest absolute Gasteiger partial charge is 0.329 e. The van der Waals surface area contributed by atoms with Crippen LogP contribution in [0.5, 0.6) is 0 Å². The van der Waals surface area contributed by atoms with Crippen molar-refractivity contribution in [3.8, 4) is 0 Å². The van der Waals surface area contributed by atoms with Crippen molar-refractivity contribution < 1.29 is 14.0 Å². The third kappa shape index (κ3) is 5.04. The highest BCUT2D eigenvalue weighted by Crippen LogP contribution is 2.25. The minimum Gasteiger partial charge on any atom is -0.337 e. The summed E-state index contributed by atoms with van der Waals surface area (Å²) in [5.74, 6) is -0.122. The predicted molar refractivity (Wildman–Crippen MR) is 98.0 cm³/mol. The first-order valence-corrected chi connectivity index (χ1v) is 8.95. The van der Waals surface area contributed by atoms with Gasteiger partial charge in [0.1, 0.15) is 5.82 Å². The number of halogens is 1. The van der Waals surface area contributed by atoms with Crippen LogP contribution in [0.4, 0.5) is 15.0 Å². The van der Waals surface area contributed by atoms with E-state index in [0.29, 0.717) is 31.0 Å². The van der Waals surface area contributed by atoms with Crippen molar-refractivity contribution in [2.75, 3.05) is 11.9 Å². The highest BCUT2D eigenvalue weighted by molar-refractivity contribution is 5.92. The Bertz CT molecular complexity index is 805. The molecule has 0 radical (unpaired) electrons. The van der Waals surface area contributed by atoms with Crippen molar-refractivity contribution in [2.24, 2.45) is 0 Å². The first-order chi connectivity index (χ1) is 13.0. The number of carbonyl (C=O) groups excluding carboxylic acids is 2. The first-order valence-electron chi connectivity index (χ1n) is 8.95. The lowest BCUT2D eigenvalue weighted by atomic mass is 10.1. The number of H-pyrrole nitrogens is 1. The Hall–Kier alpha value is -2.94. The van der Waals surface area contributed by atoms with E-state index >= 15 is 0 Å². The molecule has 1 aromatic heterocycles. The van der Waals surface area contributed by atoms with Crippen molar-refractivity contribution in [1.29, 1.82) is 0 Å². The molecule has 1 aliphatic heterocycles. The molecule has 0 bridgehead atoms. The van der Waals surface area contributed by atoms with Crippen molar-refractivity contribution in [3.05, 3.63) is 46.9 Å². The van der Waals surface area contributed by atoms with Crippen LogP contribution in [0.3, 0.4) is 0 Å². The number of carbonyl (C=O) groups is 2. The molecule has 0 aliphatic carbocycles. The zero-order valence-electron chi connectivity index (χ0n) is 15.1. The Morgan fingerprint density at radius 3 is 2.78 bits per heavy atom. The fourth-order valence-corrected chi connectivity index (χ4v) is 2.85. The van der Waals surface area contributed by atoms with E-state index in [9.17, 15) is 14.0 Å². The molecule has 1 aromatic carbocycles. The number of hydrogen-bond acceptors (Lipinski definition) is 4. The molecule has 8 nitrogen and oxygen atoms in total. The van der Waals surface area contributed by atoms with Crippen LogP contribution in [-0.2, 0) is 24.3 Å². The molecular weight excluding hydrogens is 351 g/mol. The summed E-state index contributed by atoms with van der Waals surface area (Å²) in [5, 5.41) is 14.3. The monoisotopic (exact) mass is 374 g/mol. The zero-order valence-corrected chi connectivity index (χ0v) is 15.1. The van der Waals surface area contributed by atoms with E-state index in [-0.39, 0.29) is 24.2 Å². The van der Waals surface area contributed by atoms with Crippen LogP contribution in [0, 0.1) is 5.82 Å². The maximum Gasteiger partial charge on any atom is 0.329 e. The Kier molecular flexibility index (Phi) is 6.02. The van der Waals surface area contributed by atoms with E-state index in [1.165, 1.54) is 12.1 Å². The van der Waals surface area contributed by atoms with Crippen LogP contribution >= 0.6 is 0 Å². The third-order valence-electron chi connectivity index (χ3n) is 4.26. The number of aromatic nitrogens is 2. The second-order valence-corrected chi connectivity index (χ2v) is 6.46. The van der Waals surface area contributed by atoms with E-state index < -0.39 is 0 Å². The molecule has 0 spiro atoms. The second kappa shape index (κ2) is 8.63. The number of rotatable bonds is 7. The number of fused-ring (bicyclic) bond motifs is 1. The SMILES string of the molecule is CCCCNC(=O)NN1Cc2[nH]nc(NC(=O)Cc3ccc(F)cc3)c2C1. The molecule has 4 N–H and O–H groups in total. The van der Waals surface area contributed by atoms with E-state index in [2.05, 4.69) is 33.2 Å². The van der Waals surface area contributed by atoms with Crippen LogP contribution in [0.1, 0.15) is 36.6 Å².